The molecular weight excluding hydrogens is 380 g/mol. The van der Waals surface area contributed by atoms with Crippen LogP contribution in [0.4, 0.5) is 5.82 Å². The first kappa shape index (κ1) is 22.6. The van der Waals surface area contributed by atoms with Gasteiger partial charge in [0, 0.05) is 12.6 Å². The molecule has 2 aromatic heterocycles. The molecule has 1 fully saturated rings. The summed E-state index contributed by atoms with van der Waals surface area (Å²) in [6, 6.07) is 1.49. The number of nitrogens with zero attached hydrogens (tertiary/aromatic N) is 5. The molecular formula is C22H38N6O2. The molecule has 3 rings (SSSR count). The molecule has 30 heavy (non-hydrogen) atoms. The van der Waals surface area contributed by atoms with Crippen molar-refractivity contribution in [3.63, 3.8) is 0 Å². The number of rotatable bonds is 10. The lowest BCUT2D eigenvalue weighted by molar-refractivity contribution is 0.144. The molecule has 2 aromatic rings. The molecule has 0 bridgehead atoms. The third-order valence-electron chi connectivity index (χ3n) is 6.12. The van der Waals surface area contributed by atoms with Gasteiger partial charge in [-0.2, -0.15) is 15.0 Å². The van der Waals surface area contributed by atoms with Crippen molar-refractivity contribution in [1.29, 1.82) is 0 Å². The van der Waals surface area contributed by atoms with Gasteiger partial charge < -0.3 is 20.1 Å². The second-order valence-electron chi connectivity index (χ2n) is 8.75. The highest BCUT2D eigenvalue weighted by Crippen LogP contribution is 2.28. The van der Waals surface area contributed by atoms with Crippen LogP contribution in [0.15, 0.2) is 0 Å². The van der Waals surface area contributed by atoms with E-state index in [1.165, 1.54) is 32.4 Å². The second kappa shape index (κ2) is 10.3. The van der Waals surface area contributed by atoms with Crippen LogP contribution in [0.25, 0.3) is 11.2 Å². The minimum absolute atomic E-state index is 0.0434. The number of aryl methyl sites for hydroxylation is 1. The molecule has 0 amide bonds. The molecule has 168 valence electrons. The van der Waals surface area contributed by atoms with E-state index < -0.39 is 0 Å². The molecule has 8 heteroatoms. The monoisotopic (exact) mass is 418 g/mol. The zero-order valence-corrected chi connectivity index (χ0v) is 19.2. The largest absolute Gasteiger partial charge is 0.468 e. The van der Waals surface area contributed by atoms with E-state index in [1.807, 2.05) is 11.5 Å². The summed E-state index contributed by atoms with van der Waals surface area (Å²) in [7, 11) is 1.63. The molecule has 1 saturated heterocycles. The summed E-state index contributed by atoms with van der Waals surface area (Å²) in [6.45, 7) is 11.9. The predicted molar refractivity (Wildman–Crippen MR) is 120 cm³/mol. The third kappa shape index (κ3) is 5.33. The van der Waals surface area contributed by atoms with Gasteiger partial charge in [0.05, 0.1) is 13.2 Å². The normalized spacial score (nSPS) is 17.0. The maximum absolute atomic E-state index is 6.16. The van der Waals surface area contributed by atoms with Gasteiger partial charge in [-0.05, 0) is 71.9 Å². The van der Waals surface area contributed by atoms with Crippen molar-refractivity contribution in [1.82, 2.24) is 24.4 Å². The highest BCUT2D eigenvalue weighted by Gasteiger charge is 2.22. The van der Waals surface area contributed by atoms with Crippen LogP contribution in [0.1, 0.15) is 66.2 Å². The van der Waals surface area contributed by atoms with Crippen LogP contribution in [0.5, 0.6) is 12.0 Å². The summed E-state index contributed by atoms with van der Waals surface area (Å²) in [6.07, 6.45) is 6.85. The number of methoxy groups -OCH3 is 1. The lowest BCUT2D eigenvalue weighted by atomic mass is 9.91. The van der Waals surface area contributed by atoms with Gasteiger partial charge in [0.2, 0.25) is 0 Å². The van der Waals surface area contributed by atoms with Gasteiger partial charge in [-0.1, -0.05) is 13.3 Å². The standard InChI is InChI=1S/C22H38N6O2/c1-6-8-16(4)30-21-25-19(23)18-20(26-21)28(22(24-18)29-5)12-7-9-17-10-13-27(14-11-17)15(2)3/h15-17H,6-14H2,1-5H3,(H2,23,25,26). The first-order chi connectivity index (χ1) is 14.4. The minimum atomic E-state index is 0.0434. The number of aromatic nitrogens is 4. The first-order valence-electron chi connectivity index (χ1n) is 11.4. The Morgan fingerprint density at radius 3 is 2.50 bits per heavy atom. The summed E-state index contributed by atoms with van der Waals surface area (Å²) >= 11 is 0. The highest BCUT2D eigenvalue weighted by atomic mass is 16.5. The summed E-state index contributed by atoms with van der Waals surface area (Å²) in [4.78, 5) is 16.0. The Labute approximate surface area is 180 Å². The molecule has 2 N–H and O–H groups in total. The topological polar surface area (TPSA) is 91.3 Å². The average molecular weight is 419 g/mol. The Balaban J connectivity index is 1.68. The van der Waals surface area contributed by atoms with Gasteiger partial charge in [0.25, 0.3) is 6.01 Å². The zero-order chi connectivity index (χ0) is 21.7. The molecule has 1 unspecified atom stereocenters. The van der Waals surface area contributed by atoms with Crippen LogP contribution in [-0.2, 0) is 6.54 Å². The Hall–Kier alpha value is -2.09. The van der Waals surface area contributed by atoms with Gasteiger partial charge in [-0.15, -0.1) is 0 Å². The molecule has 1 aliphatic rings. The highest BCUT2D eigenvalue weighted by molar-refractivity contribution is 5.83. The van der Waals surface area contributed by atoms with Gasteiger partial charge in [0.1, 0.15) is 0 Å². The summed E-state index contributed by atoms with van der Waals surface area (Å²) in [5.74, 6) is 1.12. The molecule has 1 aliphatic heterocycles. The number of hydrogen-bond acceptors (Lipinski definition) is 7. The Morgan fingerprint density at radius 1 is 1.13 bits per heavy atom. The summed E-state index contributed by atoms with van der Waals surface area (Å²) < 4.78 is 13.4. The maximum atomic E-state index is 6.16. The summed E-state index contributed by atoms with van der Waals surface area (Å²) in [5.41, 5.74) is 7.42. The van der Waals surface area contributed by atoms with Crippen LogP contribution in [0.2, 0.25) is 0 Å². The Kier molecular flexibility index (Phi) is 7.75. The van der Waals surface area contributed by atoms with Gasteiger partial charge in [-0.25, -0.2) is 0 Å². The van der Waals surface area contributed by atoms with Crippen LogP contribution in [-0.4, -0.2) is 56.8 Å². The van der Waals surface area contributed by atoms with Crippen molar-refractivity contribution in [2.24, 2.45) is 5.92 Å². The van der Waals surface area contributed by atoms with E-state index in [9.17, 15) is 0 Å². The van der Waals surface area contributed by atoms with E-state index in [0.29, 0.717) is 35.0 Å². The molecule has 3 heterocycles. The quantitative estimate of drug-likeness (QED) is 0.626. The number of fused-ring (bicyclic) bond motifs is 1. The van der Waals surface area contributed by atoms with E-state index in [-0.39, 0.29) is 6.10 Å². The lowest BCUT2D eigenvalue weighted by Crippen LogP contribution is -2.38. The predicted octanol–water partition coefficient (Wildman–Crippen LogP) is 3.89. The Bertz CT molecular complexity index is 814. The first-order valence-corrected chi connectivity index (χ1v) is 11.4. The number of nitrogen functional groups attached to an aromatic ring is 1. The SMILES string of the molecule is CCCC(C)Oc1nc(N)c2nc(OC)n(CCCC3CCN(C(C)C)CC3)c2n1. The maximum Gasteiger partial charge on any atom is 0.320 e. The van der Waals surface area contributed by atoms with Crippen molar-refractivity contribution >= 4 is 17.0 Å². The number of ether oxygens (including phenoxy) is 2. The van der Waals surface area contributed by atoms with Crippen molar-refractivity contribution < 1.29 is 9.47 Å². The lowest BCUT2D eigenvalue weighted by Gasteiger charge is -2.34. The van der Waals surface area contributed by atoms with Crippen molar-refractivity contribution in [3.05, 3.63) is 0 Å². The smallest absolute Gasteiger partial charge is 0.320 e. The molecule has 0 radical (unpaired) electrons. The molecule has 0 spiro atoms. The number of hydrogen-bond donors (Lipinski definition) is 1. The summed E-state index contributed by atoms with van der Waals surface area (Å²) in [5, 5.41) is 0. The number of imidazole rings is 1. The second-order valence-corrected chi connectivity index (χ2v) is 8.75. The van der Waals surface area contributed by atoms with Crippen molar-refractivity contribution in [3.8, 4) is 12.0 Å². The zero-order valence-electron chi connectivity index (χ0n) is 19.2. The van der Waals surface area contributed by atoms with E-state index in [0.717, 1.165) is 31.7 Å². The van der Waals surface area contributed by atoms with Gasteiger partial charge >= 0.3 is 6.01 Å². The van der Waals surface area contributed by atoms with E-state index in [4.69, 9.17) is 15.2 Å². The van der Waals surface area contributed by atoms with Crippen LogP contribution >= 0.6 is 0 Å². The molecule has 0 aromatic carbocycles. The van der Waals surface area contributed by atoms with Crippen molar-refractivity contribution in [2.75, 3.05) is 25.9 Å². The number of piperidine rings is 1. The Morgan fingerprint density at radius 2 is 1.87 bits per heavy atom. The molecule has 8 nitrogen and oxygen atoms in total. The van der Waals surface area contributed by atoms with Crippen molar-refractivity contribution in [2.45, 2.75) is 84.9 Å². The fourth-order valence-electron chi connectivity index (χ4n) is 4.33. The van der Waals surface area contributed by atoms with E-state index in [1.54, 1.807) is 7.11 Å². The van der Waals surface area contributed by atoms with Crippen LogP contribution in [0.3, 0.4) is 0 Å². The molecule has 0 aliphatic carbocycles. The number of anilines is 1. The third-order valence-corrected chi connectivity index (χ3v) is 6.12. The van der Waals surface area contributed by atoms with E-state index >= 15 is 0 Å². The number of nitrogens with two attached hydrogens (primary N) is 1. The van der Waals surface area contributed by atoms with Gasteiger partial charge in [-0.3, -0.25) is 4.57 Å². The molecule has 0 saturated carbocycles. The average Bonchev–Trinajstić information content (AvgIpc) is 3.07. The van der Waals surface area contributed by atoms with E-state index in [2.05, 4.69) is 40.6 Å². The molecule has 1 atom stereocenters. The fourth-order valence-corrected chi connectivity index (χ4v) is 4.33. The van der Waals surface area contributed by atoms with Crippen LogP contribution in [0, 0.1) is 5.92 Å². The van der Waals surface area contributed by atoms with Crippen LogP contribution < -0.4 is 15.2 Å². The number of likely N-dealkylation sites (tertiary alicyclic amines) is 1. The fraction of sp³-hybridized carbons (Fsp3) is 0.773. The van der Waals surface area contributed by atoms with Gasteiger partial charge in [0.15, 0.2) is 17.0 Å². The minimum Gasteiger partial charge on any atom is -0.468 e.